The van der Waals surface area contributed by atoms with Crippen molar-refractivity contribution in [2.75, 3.05) is 5.32 Å². The van der Waals surface area contributed by atoms with E-state index in [9.17, 15) is 9.18 Å². The smallest absolute Gasteiger partial charge is 0.256 e. The summed E-state index contributed by atoms with van der Waals surface area (Å²) in [7, 11) is 0. The van der Waals surface area contributed by atoms with Gasteiger partial charge in [0.15, 0.2) is 0 Å². The fraction of sp³-hybridized carbons (Fsp3) is 0. The van der Waals surface area contributed by atoms with Crippen LogP contribution in [-0.2, 0) is 0 Å². The summed E-state index contributed by atoms with van der Waals surface area (Å²) in [5.41, 5.74) is 7.11. The summed E-state index contributed by atoms with van der Waals surface area (Å²) in [6, 6.07) is 9.18. The molecule has 0 bridgehead atoms. The molecule has 0 aliphatic rings. The minimum Gasteiger partial charge on any atom is -0.389 e. The van der Waals surface area contributed by atoms with Gasteiger partial charge >= 0.3 is 0 Å². The SMILES string of the molecule is NC(=S)c1cc(Br)ccc1NC(=O)c1ccc(F)cc1I. The fourth-order valence-corrected chi connectivity index (χ4v) is 2.94. The molecule has 2 rings (SSSR count). The van der Waals surface area contributed by atoms with Crippen molar-refractivity contribution in [1.29, 1.82) is 0 Å². The Morgan fingerprint density at radius 2 is 1.95 bits per heavy atom. The van der Waals surface area contributed by atoms with Crippen molar-refractivity contribution in [3.05, 3.63) is 61.4 Å². The Labute approximate surface area is 148 Å². The van der Waals surface area contributed by atoms with E-state index in [0.717, 1.165) is 4.47 Å². The third kappa shape index (κ3) is 3.98. The molecule has 7 heteroatoms. The predicted molar refractivity (Wildman–Crippen MR) is 97.1 cm³/mol. The second-order valence-electron chi connectivity index (χ2n) is 4.13. The molecule has 0 fully saturated rings. The van der Waals surface area contributed by atoms with Crippen molar-refractivity contribution >= 4 is 67.3 Å². The zero-order valence-electron chi connectivity index (χ0n) is 10.5. The van der Waals surface area contributed by atoms with Crippen LogP contribution in [0.1, 0.15) is 15.9 Å². The van der Waals surface area contributed by atoms with E-state index >= 15 is 0 Å². The molecule has 0 aromatic heterocycles. The summed E-state index contributed by atoms with van der Waals surface area (Å²) < 4.78 is 14.4. The van der Waals surface area contributed by atoms with Gasteiger partial charge in [0.2, 0.25) is 0 Å². The Kier molecular flexibility index (Phi) is 5.28. The highest BCUT2D eigenvalue weighted by atomic mass is 127. The van der Waals surface area contributed by atoms with Gasteiger partial charge in [0.25, 0.3) is 5.91 Å². The maximum Gasteiger partial charge on any atom is 0.256 e. The first-order valence-corrected chi connectivity index (χ1v) is 8.02. The summed E-state index contributed by atoms with van der Waals surface area (Å²) in [6.07, 6.45) is 0. The van der Waals surface area contributed by atoms with E-state index in [1.54, 1.807) is 18.2 Å². The molecule has 3 N–H and O–H groups in total. The topological polar surface area (TPSA) is 55.1 Å². The lowest BCUT2D eigenvalue weighted by atomic mass is 10.1. The molecule has 3 nitrogen and oxygen atoms in total. The van der Waals surface area contributed by atoms with Crippen molar-refractivity contribution in [3.8, 4) is 0 Å². The zero-order valence-corrected chi connectivity index (χ0v) is 15.1. The van der Waals surface area contributed by atoms with E-state index in [-0.39, 0.29) is 16.7 Å². The highest BCUT2D eigenvalue weighted by molar-refractivity contribution is 14.1. The van der Waals surface area contributed by atoms with Crippen LogP contribution in [-0.4, -0.2) is 10.9 Å². The summed E-state index contributed by atoms with van der Waals surface area (Å²) in [5, 5.41) is 2.74. The number of carbonyl (C=O) groups is 1. The van der Waals surface area contributed by atoms with Gasteiger partial charge in [-0.25, -0.2) is 4.39 Å². The lowest BCUT2D eigenvalue weighted by Gasteiger charge is -2.11. The quantitative estimate of drug-likeness (QED) is 0.516. The van der Waals surface area contributed by atoms with Gasteiger partial charge in [0, 0.05) is 13.6 Å². The Bertz CT molecular complexity index is 739. The molecule has 2 aromatic carbocycles. The van der Waals surface area contributed by atoms with Crippen LogP contribution in [0.3, 0.4) is 0 Å². The van der Waals surface area contributed by atoms with E-state index in [1.807, 2.05) is 22.6 Å². The molecule has 2 aromatic rings. The van der Waals surface area contributed by atoms with Crippen LogP contribution in [0.15, 0.2) is 40.9 Å². The van der Waals surface area contributed by atoms with Gasteiger partial charge in [0.05, 0.1) is 11.3 Å². The molecule has 1 amide bonds. The first-order chi connectivity index (χ1) is 9.88. The third-order valence-electron chi connectivity index (χ3n) is 2.67. The molecule has 0 aliphatic heterocycles. The monoisotopic (exact) mass is 478 g/mol. The second kappa shape index (κ2) is 6.80. The molecule has 0 aliphatic carbocycles. The van der Waals surface area contributed by atoms with Gasteiger partial charge < -0.3 is 11.1 Å². The highest BCUT2D eigenvalue weighted by Gasteiger charge is 2.14. The number of carbonyl (C=O) groups excluding carboxylic acids is 1. The number of rotatable bonds is 3. The number of nitrogens with two attached hydrogens (primary N) is 1. The first kappa shape index (κ1) is 16.3. The van der Waals surface area contributed by atoms with Crippen molar-refractivity contribution in [2.24, 2.45) is 5.73 Å². The molecule has 0 spiro atoms. The van der Waals surface area contributed by atoms with Crippen LogP contribution in [0.5, 0.6) is 0 Å². The molecule has 108 valence electrons. The molecule has 0 atom stereocenters. The average Bonchev–Trinajstić information content (AvgIpc) is 2.40. The molecule has 0 saturated carbocycles. The number of amides is 1. The van der Waals surface area contributed by atoms with E-state index in [4.69, 9.17) is 18.0 Å². The predicted octanol–water partition coefficient (Wildman–Crippen LogP) is 4.08. The first-order valence-electron chi connectivity index (χ1n) is 5.74. The Morgan fingerprint density at radius 3 is 2.57 bits per heavy atom. The highest BCUT2D eigenvalue weighted by Crippen LogP contribution is 2.23. The summed E-state index contributed by atoms with van der Waals surface area (Å²) in [4.78, 5) is 12.5. The summed E-state index contributed by atoms with van der Waals surface area (Å²) >= 11 is 10.2. The van der Waals surface area contributed by atoms with Crippen molar-refractivity contribution in [3.63, 3.8) is 0 Å². The Morgan fingerprint density at radius 1 is 1.24 bits per heavy atom. The molecular weight excluding hydrogens is 470 g/mol. The van der Waals surface area contributed by atoms with Gasteiger partial charge in [-0.15, -0.1) is 0 Å². The third-order valence-corrected chi connectivity index (χ3v) is 4.28. The number of nitrogens with one attached hydrogen (secondary N) is 1. The normalized spacial score (nSPS) is 10.2. The van der Waals surface area contributed by atoms with E-state index in [2.05, 4.69) is 21.2 Å². The van der Waals surface area contributed by atoms with Gasteiger partial charge in [-0.05, 0) is 59.0 Å². The lowest BCUT2D eigenvalue weighted by Crippen LogP contribution is -2.18. The van der Waals surface area contributed by atoms with E-state index in [0.29, 0.717) is 20.4 Å². The standard InChI is InChI=1S/C14H9BrFIN2OS/c15-7-1-4-12(10(5-7)13(18)21)19-14(20)9-3-2-8(16)6-11(9)17/h1-6H,(H2,18,21)(H,19,20). The van der Waals surface area contributed by atoms with Crippen LogP contribution in [0.4, 0.5) is 10.1 Å². The van der Waals surface area contributed by atoms with Crippen LogP contribution in [0, 0.1) is 9.39 Å². The molecule has 0 radical (unpaired) electrons. The van der Waals surface area contributed by atoms with Gasteiger partial charge in [-0.2, -0.15) is 0 Å². The number of thiocarbonyl (C=S) groups is 1. The second-order valence-corrected chi connectivity index (χ2v) is 6.65. The molecule has 0 unspecified atom stereocenters. The number of hydrogen-bond acceptors (Lipinski definition) is 2. The van der Waals surface area contributed by atoms with E-state index < -0.39 is 0 Å². The minimum atomic E-state index is -0.386. The maximum absolute atomic E-state index is 13.1. The molecule has 0 heterocycles. The van der Waals surface area contributed by atoms with Crippen molar-refractivity contribution < 1.29 is 9.18 Å². The maximum atomic E-state index is 13.1. The number of halogens is 3. The Hall–Kier alpha value is -1.06. The summed E-state index contributed by atoms with van der Waals surface area (Å²) in [6.45, 7) is 0. The molecular formula is C14H9BrFIN2OS. The summed E-state index contributed by atoms with van der Waals surface area (Å²) in [5.74, 6) is -0.734. The van der Waals surface area contributed by atoms with E-state index in [1.165, 1.54) is 18.2 Å². The number of anilines is 1. The minimum absolute atomic E-state index is 0.181. The van der Waals surface area contributed by atoms with Crippen LogP contribution >= 0.6 is 50.7 Å². The van der Waals surface area contributed by atoms with Crippen LogP contribution in [0.25, 0.3) is 0 Å². The van der Waals surface area contributed by atoms with Crippen molar-refractivity contribution in [1.82, 2.24) is 0 Å². The number of hydrogen-bond donors (Lipinski definition) is 2. The average molecular weight is 479 g/mol. The zero-order chi connectivity index (χ0) is 15.6. The van der Waals surface area contributed by atoms with Crippen molar-refractivity contribution in [2.45, 2.75) is 0 Å². The fourth-order valence-electron chi connectivity index (χ4n) is 1.69. The van der Waals surface area contributed by atoms with Gasteiger partial charge in [0.1, 0.15) is 10.8 Å². The van der Waals surface area contributed by atoms with Crippen LogP contribution < -0.4 is 11.1 Å². The number of benzene rings is 2. The largest absolute Gasteiger partial charge is 0.389 e. The molecule has 0 saturated heterocycles. The lowest BCUT2D eigenvalue weighted by molar-refractivity contribution is 0.102. The van der Waals surface area contributed by atoms with Gasteiger partial charge in [-0.1, -0.05) is 28.1 Å². The van der Waals surface area contributed by atoms with Gasteiger partial charge in [-0.3, -0.25) is 4.79 Å². The Balaban J connectivity index is 2.34. The molecule has 21 heavy (non-hydrogen) atoms. The van der Waals surface area contributed by atoms with Crippen LogP contribution in [0.2, 0.25) is 0 Å².